The molecule has 0 bridgehead atoms. The maximum atomic E-state index is 16.9. The van der Waals surface area contributed by atoms with E-state index in [2.05, 4.69) is 35.9 Å². The van der Waals surface area contributed by atoms with Crippen LogP contribution in [0.5, 0.6) is 6.01 Å². The maximum absolute atomic E-state index is 16.9. The lowest BCUT2D eigenvalue weighted by Crippen LogP contribution is -2.55. The highest BCUT2D eigenvalue weighted by Gasteiger charge is 2.49. The number of anilines is 1. The molecule has 294 valence electrons. The van der Waals surface area contributed by atoms with E-state index >= 15 is 8.78 Å². The zero-order valence-corrected chi connectivity index (χ0v) is 31.0. The molecule has 0 radical (unpaired) electrons. The molecule has 0 saturated carbocycles. The minimum absolute atomic E-state index is 0.0347. The van der Waals surface area contributed by atoms with Gasteiger partial charge >= 0.3 is 6.01 Å². The summed E-state index contributed by atoms with van der Waals surface area (Å²) in [5.41, 5.74) is -0.876. The van der Waals surface area contributed by atoms with Gasteiger partial charge in [-0.25, -0.2) is 27.2 Å². The lowest BCUT2D eigenvalue weighted by molar-refractivity contribution is -0.128. The highest BCUT2D eigenvalue weighted by Crippen LogP contribution is 2.41. The summed E-state index contributed by atoms with van der Waals surface area (Å²) in [6, 6.07) is 8.65. The van der Waals surface area contributed by atoms with Gasteiger partial charge in [-0.1, -0.05) is 30.3 Å². The van der Waals surface area contributed by atoms with Gasteiger partial charge in [-0.2, -0.15) is 20.3 Å². The molecule has 13 nitrogen and oxygen atoms in total. The number of aromatic nitrogens is 6. The smallest absolute Gasteiger partial charge is 0.319 e. The van der Waals surface area contributed by atoms with E-state index in [0.717, 1.165) is 37.8 Å². The van der Waals surface area contributed by atoms with Crippen molar-refractivity contribution in [2.24, 2.45) is 0 Å². The number of carbonyl (C=O) groups excluding carboxylic acids is 1. The molecule has 4 aliphatic heterocycles. The van der Waals surface area contributed by atoms with Crippen LogP contribution in [0.4, 0.5) is 23.4 Å². The number of rotatable bonds is 9. The molecule has 2 aromatic carbocycles. The zero-order valence-electron chi connectivity index (χ0n) is 31.0. The van der Waals surface area contributed by atoms with Crippen molar-refractivity contribution >= 4 is 33.4 Å². The maximum Gasteiger partial charge on any atom is 0.319 e. The van der Waals surface area contributed by atoms with Crippen molar-refractivity contribution in [3.8, 4) is 23.3 Å². The van der Waals surface area contributed by atoms with Gasteiger partial charge < -0.3 is 14.5 Å². The molecule has 1 amide bonds. The topological polar surface area (TPSA) is 132 Å². The Morgan fingerprint density at radius 1 is 1.04 bits per heavy atom. The number of benzene rings is 2. The van der Waals surface area contributed by atoms with Crippen LogP contribution in [0.2, 0.25) is 0 Å². The number of ether oxygens (including phenoxy) is 1. The van der Waals surface area contributed by atoms with E-state index in [0.29, 0.717) is 38.0 Å². The quantitative estimate of drug-likeness (QED) is 0.151. The summed E-state index contributed by atoms with van der Waals surface area (Å²) < 4.78 is 69.4. The Labute approximate surface area is 325 Å². The first-order chi connectivity index (χ1) is 27.7. The number of halogens is 4. The fraction of sp³-hybridized carbons (Fsp3) is 0.425. The molecule has 0 spiro atoms. The molecule has 3 aromatic heterocycles. The van der Waals surface area contributed by atoms with Gasteiger partial charge in [0.25, 0.3) is 0 Å². The largest absolute Gasteiger partial charge is 0.461 e. The number of pyridine rings is 1. The van der Waals surface area contributed by atoms with Crippen LogP contribution < -0.4 is 9.64 Å². The predicted octanol–water partition coefficient (Wildman–Crippen LogP) is 4.81. The first-order valence-electron chi connectivity index (χ1n) is 19.1. The summed E-state index contributed by atoms with van der Waals surface area (Å²) in [7, 11) is 0. The highest BCUT2D eigenvalue weighted by molar-refractivity contribution is 5.99. The lowest BCUT2D eigenvalue weighted by Gasteiger charge is -2.41. The van der Waals surface area contributed by atoms with Gasteiger partial charge in [-0.3, -0.25) is 19.6 Å². The first-order valence-corrected chi connectivity index (χ1v) is 19.1. The van der Waals surface area contributed by atoms with Crippen LogP contribution in [0.1, 0.15) is 31.5 Å². The molecule has 4 aliphatic rings. The lowest BCUT2D eigenvalue weighted by atomic mass is 9.95. The number of hydrogen-bond donors (Lipinski definition) is 0. The third-order valence-electron chi connectivity index (χ3n) is 11.8. The standard InChI is InChI=1S/C40H39F4N11O2/c41-26-18-40(10-3-13-53(40)20-26)23-57-39-49-37-29(19-46-36(35(37)44)28-5-1-4-25-7-8-30(42)34(43)33(25)28)38(50-39)52-15-16-54(27(21-52)9-11-45)32(56)6-2-12-51-14-17-55-31(22-51)47-24-48-55/h1-2,4-8,19,24,26-27H,3,9-10,12-18,20-23H2/b6-2+/t26-,27+,40+/m1/s1. The number of alkyl halides is 1. The van der Waals surface area contributed by atoms with Crippen molar-refractivity contribution in [3.05, 3.63) is 78.3 Å². The van der Waals surface area contributed by atoms with Crippen LogP contribution in [0.25, 0.3) is 32.9 Å². The van der Waals surface area contributed by atoms with Crippen LogP contribution in [0.15, 0.2) is 55.0 Å². The van der Waals surface area contributed by atoms with Crippen molar-refractivity contribution in [2.75, 3.05) is 57.3 Å². The van der Waals surface area contributed by atoms with Crippen molar-refractivity contribution < 1.29 is 27.1 Å². The Morgan fingerprint density at radius 3 is 2.81 bits per heavy atom. The Morgan fingerprint density at radius 2 is 1.93 bits per heavy atom. The van der Waals surface area contributed by atoms with Gasteiger partial charge in [-0.15, -0.1) is 0 Å². The molecule has 9 rings (SSSR count). The van der Waals surface area contributed by atoms with Crippen LogP contribution in [0.3, 0.4) is 0 Å². The third kappa shape index (κ3) is 6.80. The minimum Gasteiger partial charge on any atom is -0.461 e. The molecule has 3 atom stereocenters. The average Bonchev–Trinajstić information content (AvgIpc) is 3.92. The number of fused-ring (bicyclic) bond motifs is 4. The number of hydrogen-bond acceptors (Lipinski definition) is 11. The number of piperazine rings is 1. The van der Waals surface area contributed by atoms with E-state index < -0.39 is 35.2 Å². The predicted molar refractivity (Wildman–Crippen MR) is 201 cm³/mol. The second-order valence-corrected chi connectivity index (χ2v) is 15.2. The Hall–Kier alpha value is -5.73. The number of amides is 1. The molecule has 0 N–H and O–H groups in total. The monoisotopic (exact) mass is 781 g/mol. The fourth-order valence-electron chi connectivity index (χ4n) is 8.95. The molecule has 0 aliphatic carbocycles. The summed E-state index contributed by atoms with van der Waals surface area (Å²) in [6.07, 6.45) is 7.26. The second kappa shape index (κ2) is 15.0. The van der Waals surface area contributed by atoms with Crippen molar-refractivity contribution in [2.45, 2.75) is 56.5 Å². The molecular formula is C40H39F4N11O2. The highest BCUT2D eigenvalue weighted by atomic mass is 19.2. The molecular weight excluding hydrogens is 743 g/mol. The van der Waals surface area contributed by atoms with Gasteiger partial charge in [0.05, 0.1) is 42.5 Å². The van der Waals surface area contributed by atoms with E-state index in [9.17, 15) is 18.8 Å². The Bertz CT molecular complexity index is 2440. The zero-order chi connectivity index (χ0) is 39.3. The normalized spacial score (nSPS) is 22.7. The van der Waals surface area contributed by atoms with E-state index in [4.69, 9.17) is 9.72 Å². The van der Waals surface area contributed by atoms with E-state index in [-0.39, 0.29) is 77.9 Å². The minimum atomic E-state index is -1.12. The van der Waals surface area contributed by atoms with Gasteiger partial charge in [-0.05, 0) is 30.8 Å². The Balaban J connectivity index is 1.03. The molecule has 57 heavy (non-hydrogen) atoms. The van der Waals surface area contributed by atoms with Crippen LogP contribution in [0, 0.1) is 28.8 Å². The summed E-state index contributed by atoms with van der Waals surface area (Å²) in [5.74, 6) is -2.17. The Kier molecular flexibility index (Phi) is 9.69. The molecule has 5 aromatic rings. The van der Waals surface area contributed by atoms with E-state index in [1.54, 1.807) is 17.0 Å². The third-order valence-corrected chi connectivity index (χ3v) is 11.8. The van der Waals surface area contributed by atoms with Crippen molar-refractivity contribution in [1.82, 2.24) is 44.4 Å². The molecule has 3 fully saturated rings. The van der Waals surface area contributed by atoms with Crippen molar-refractivity contribution in [3.63, 3.8) is 0 Å². The number of nitrogens with zero attached hydrogens (tertiary/aromatic N) is 11. The van der Waals surface area contributed by atoms with Gasteiger partial charge in [0.2, 0.25) is 5.91 Å². The number of carbonyl (C=O) groups is 1. The second-order valence-electron chi connectivity index (χ2n) is 15.2. The molecule has 17 heteroatoms. The van der Waals surface area contributed by atoms with Crippen LogP contribution in [-0.4, -0.2) is 120 Å². The summed E-state index contributed by atoms with van der Waals surface area (Å²) >= 11 is 0. The van der Waals surface area contributed by atoms with Gasteiger partial charge in [0.15, 0.2) is 17.5 Å². The van der Waals surface area contributed by atoms with E-state index in [1.165, 1.54) is 30.7 Å². The van der Waals surface area contributed by atoms with Gasteiger partial charge in [0.1, 0.15) is 42.0 Å². The summed E-state index contributed by atoms with van der Waals surface area (Å²) in [5, 5.41) is 14.5. The van der Waals surface area contributed by atoms with Crippen LogP contribution in [-0.2, 0) is 17.9 Å². The van der Waals surface area contributed by atoms with Crippen LogP contribution >= 0.6 is 0 Å². The average molecular weight is 782 g/mol. The number of nitriles is 1. The molecule has 0 unspecified atom stereocenters. The first kappa shape index (κ1) is 36.9. The molecule has 3 saturated heterocycles. The van der Waals surface area contributed by atoms with Gasteiger partial charge in [0, 0.05) is 68.9 Å². The SMILES string of the molecule is N#CC[C@H]1CN(c2nc(OC[C@@]34CCCN3C[C@H](F)C4)nc3c(F)c(-c4cccc5ccc(F)c(F)c45)ncc23)CCN1C(=O)/C=C/CN1CCn2ncnc2C1. The molecule has 7 heterocycles. The van der Waals surface area contributed by atoms with Crippen molar-refractivity contribution in [1.29, 1.82) is 5.26 Å². The summed E-state index contributed by atoms with van der Waals surface area (Å²) in [4.78, 5) is 39.3. The van der Waals surface area contributed by atoms with E-state index in [1.807, 2.05) is 15.7 Å². The fourth-order valence-corrected chi connectivity index (χ4v) is 8.95. The summed E-state index contributed by atoms with van der Waals surface area (Å²) in [6.45, 7) is 4.54.